The Kier molecular flexibility index (Phi) is 7.67. The van der Waals surface area contributed by atoms with E-state index < -0.39 is 5.97 Å². The molecule has 9 heteroatoms. The van der Waals surface area contributed by atoms with Gasteiger partial charge in [-0.05, 0) is 72.4 Å². The second-order valence-corrected chi connectivity index (χ2v) is 10.9. The molecule has 6 rings (SSSR count). The number of hydrogen-bond acceptors (Lipinski definition) is 8. The van der Waals surface area contributed by atoms with E-state index in [1.54, 1.807) is 37.8 Å². The lowest BCUT2D eigenvalue weighted by atomic mass is 9.83. The van der Waals surface area contributed by atoms with Crippen LogP contribution in [0, 0.1) is 0 Å². The van der Waals surface area contributed by atoms with Crippen molar-refractivity contribution in [3.8, 4) is 17.2 Å². The van der Waals surface area contributed by atoms with Gasteiger partial charge in [0.15, 0.2) is 22.9 Å². The van der Waals surface area contributed by atoms with E-state index in [0.717, 1.165) is 40.8 Å². The zero-order chi connectivity index (χ0) is 29.2. The molecule has 1 aliphatic heterocycles. The number of carbonyl (C=O) groups is 1. The fourth-order valence-corrected chi connectivity index (χ4v) is 6.54. The fourth-order valence-electron chi connectivity index (χ4n) is 5.54. The molecule has 1 aliphatic carbocycles. The Balaban J connectivity index is 1.48. The lowest BCUT2D eigenvalue weighted by Crippen LogP contribution is -2.38. The van der Waals surface area contributed by atoms with Crippen molar-refractivity contribution in [2.24, 2.45) is 4.99 Å². The topological polar surface area (TPSA) is 88.4 Å². The molecular formula is C33H30N2O6S. The Morgan fingerprint density at radius 1 is 1.02 bits per heavy atom. The number of esters is 1. The van der Waals surface area contributed by atoms with Gasteiger partial charge in [0.1, 0.15) is 5.75 Å². The molecule has 0 saturated carbocycles. The Labute approximate surface area is 246 Å². The highest BCUT2D eigenvalue weighted by atomic mass is 32.1. The van der Waals surface area contributed by atoms with Gasteiger partial charge in [-0.15, -0.1) is 0 Å². The van der Waals surface area contributed by atoms with Crippen LogP contribution in [0.15, 0.2) is 82.1 Å². The van der Waals surface area contributed by atoms with E-state index in [2.05, 4.69) is 18.2 Å². The molecule has 0 radical (unpaired) electrons. The van der Waals surface area contributed by atoms with Gasteiger partial charge in [-0.3, -0.25) is 9.36 Å². The maximum absolute atomic E-state index is 14.1. The van der Waals surface area contributed by atoms with Crippen molar-refractivity contribution >= 4 is 29.1 Å². The van der Waals surface area contributed by atoms with Crippen LogP contribution in [0.4, 0.5) is 0 Å². The smallest absolute Gasteiger partial charge is 0.344 e. The maximum atomic E-state index is 14.1. The Morgan fingerprint density at radius 2 is 1.86 bits per heavy atom. The number of hydrogen-bond donors (Lipinski definition) is 0. The maximum Gasteiger partial charge on any atom is 0.344 e. The summed E-state index contributed by atoms with van der Waals surface area (Å²) < 4.78 is 24.0. The van der Waals surface area contributed by atoms with Crippen molar-refractivity contribution in [2.75, 3.05) is 27.4 Å². The predicted molar refractivity (Wildman–Crippen MR) is 161 cm³/mol. The van der Waals surface area contributed by atoms with E-state index in [4.69, 9.17) is 23.9 Å². The second-order valence-electron chi connectivity index (χ2n) is 9.89. The summed E-state index contributed by atoms with van der Waals surface area (Å²) in [4.78, 5) is 31.5. The van der Waals surface area contributed by atoms with Crippen LogP contribution in [0.25, 0.3) is 11.8 Å². The van der Waals surface area contributed by atoms with Gasteiger partial charge >= 0.3 is 5.97 Å². The van der Waals surface area contributed by atoms with Crippen molar-refractivity contribution < 1.29 is 23.7 Å². The Hall–Kier alpha value is -4.63. The summed E-state index contributed by atoms with van der Waals surface area (Å²) in [5, 5.41) is 0. The number of nitrogens with zero attached hydrogens (tertiary/aromatic N) is 2. The summed E-state index contributed by atoms with van der Waals surface area (Å²) in [5.41, 5.74) is 5.97. The minimum Gasteiger partial charge on any atom is -0.493 e. The molecule has 0 fully saturated rings. The summed E-state index contributed by atoms with van der Waals surface area (Å²) in [6.45, 7) is 1.86. The normalized spacial score (nSPS) is 15.7. The molecule has 2 aliphatic rings. The number of thiazole rings is 1. The average Bonchev–Trinajstić information content (AvgIpc) is 3.32. The van der Waals surface area contributed by atoms with E-state index in [0.29, 0.717) is 33.2 Å². The van der Waals surface area contributed by atoms with Gasteiger partial charge in [-0.2, -0.15) is 0 Å². The molecule has 1 unspecified atom stereocenters. The van der Waals surface area contributed by atoms with Crippen LogP contribution in [0.3, 0.4) is 0 Å². The van der Waals surface area contributed by atoms with Crippen LogP contribution in [0.5, 0.6) is 17.2 Å². The average molecular weight is 583 g/mol. The van der Waals surface area contributed by atoms with Crippen molar-refractivity contribution in [2.45, 2.75) is 25.8 Å². The van der Waals surface area contributed by atoms with Crippen LogP contribution in [-0.4, -0.2) is 38.0 Å². The van der Waals surface area contributed by atoms with E-state index in [1.807, 2.05) is 42.5 Å². The standard InChI is InChI=1S/C33H30N2O6S/c1-4-40-29(36)19-41-23-10-7-8-20(16-23)17-28-32(37)35-31(22-13-15-26(38-2)27(18-22)39-3)25-14-12-21-9-5-6-11-24(21)30(25)34-33(35)42-28/h5-11,13,15-18,31H,4,12,14,19H2,1-3H3. The zero-order valence-electron chi connectivity index (χ0n) is 23.6. The highest BCUT2D eigenvalue weighted by molar-refractivity contribution is 7.07. The molecule has 4 aromatic rings. The molecule has 42 heavy (non-hydrogen) atoms. The third-order valence-electron chi connectivity index (χ3n) is 7.41. The number of carbonyl (C=O) groups excluding carboxylic acids is 1. The van der Waals surface area contributed by atoms with E-state index in [1.165, 1.54) is 16.9 Å². The first-order valence-corrected chi connectivity index (χ1v) is 14.6. The fraction of sp³-hybridized carbons (Fsp3) is 0.242. The number of aryl methyl sites for hydroxylation is 1. The Morgan fingerprint density at radius 3 is 2.67 bits per heavy atom. The zero-order valence-corrected chi connectivity index (χ0v) is 24.4. The number of rotatable bonds is 8. The van der Waals surface area contributed by atoms with Crippen molar-refractivity contribution in [1.29, 1.82) is 0 Å². The van der Waals surface area contributed by atoms with E-state index in [9.17, 15) is 9.59 Å². The molecule has 1 atom stereocenters. The third-order valence-corrected chi connectivity index (χ3v) is 8.40. The van der Waals surface area contributed by atoms with Crippen molar-refractivity contribution in [3.63, 3.8) is 0 Å². The van der Waals surface area contributed by atoms with Crippen LogP contribution >= 0.6 is 11.3 Å². The molecule has 0 N–H and O–H groups in total. The van der Waals surface area contributed by atoms with Gasteiger partial charge in [0, 0.05) is 5.56 Å². The number of aromatic nitrogens is 1. The van der Waals surface area contributed by atoms with Gasteiger partial charge in [0.2, 0.25) is 0 Å². The molecule has 0 saturated heterocycles. The summed E-state index contributed by atoms with van der Waals surface area (Å²) in [6.07, 6.45) is 3.50. The van der Waals surface area contributed by atoms with E-state index >= 15 is 0 Å². The van der Waals surface area contributed by atoms with Crippen molar-refractivity contribution in [1.82, 2.24) is 4.57 Å². The van der Waals surface area contributed by atoms with Gasteiger partial charge in [0.25, 0.3) is 5.56 Å². The lowest BCUT2D eigenvalue weighted by Gasteiger charge is -2.31. The first-order valence-electron chi connectivity index (χ1n) is 13.7. The SMILES string of the molecule is CCOC(=O)COc1cccc(C=c2sc3n(c2=O)C(c2ccc(OC)c(OC)c2)C2=C(N=3)c3ccccc3CC2)c1. The van der Waals surface area contributed by atoms with Gasteiger partial charge < -0.3 is 18.9 Å². The van der Waals surface area contributed by atoms with Crippen LogP contribution in [-0.2, 0) is 16.0 Å². The van der Waals surface area contributed by atoms with Crippen LogP contribution < -0.4 is 29.1 Å². The summed E-state index contributed by atoms with van der Waals surface area (Å²) in [6, 6.07) is 21.1. The third kappa shape index (κ3) is 5.12. The summed E-state index contributed by atoms with van der Waals surface area (Å²) >= 11 is 1.36. The highest BCUT2D eigenvalue weighted by Crippen LogP contribution is 2.42. The van der Waals surface area contributed by atoms with Gasteiger partial charge in [-0.25, -0.2) is 9.79 Å². The number of ether oxygens (including phenoxy) is 4. The Bertz CT molecular complexity index is 1890. The second kappa shape index (κ2) is 11.7. The van der Waals surface area contributed by atoms with Crippen molar-refractivity contribution in [3.05, 3.63) is 114 Å². The van der Waals surface area contributed by atoms with E-state index in [-0.39, 0.29) is 18.2 Å². The molecule has 8 nitrogen and oxygen atoms in total. The number of allylic oxidation sites excluding steroid dienone is 1. The minimum absolute atomic E-state index is 0.123. The van der Waals surface area contributed by atoms with Crippen LogP contribution in [0.2, 0.25) is 0 Å². The molecule has 214 valence electrons. The summed E-state index contributed by atoms with van der Waals surface area (Å²) in [7, 11) is 3.22. The quantitative estimate of drug-likeness (QED) is 0.288. The molecule has 0 spiro atoms. The number of fused-ring (bicyclic) bond motifs is 3. The molecule has 0 amide bonds. The van der Waals surface area contributed by atoms with Gasteiger partial charge in [0.05, 0.1) is 37.1 Å². The number of methoxy groups -OCH3 is 2. The first kappa shape index (κ1) is 27.5. The molecule has 1 aromatic heterocycles. The monoisotopic (exact) mass is 582 g/mol. The predicted octanol–water partition coefficient (Wildman–Crippen LogP) is 4.28. The summed E-state index contributed by atoms with van der Waals surface area (Å²) in [5.74, 6) is 1.31. The number of benzene rings is 3. The largest absolute Gasteiger partial charge is 0.493 e. The molecule has 0 bridgehead atoms. The van der Waals surface area contributed by atoms with Crippen LogP contribution in [0.1, 0.15) is 41.6 Å². The lowest BCUT2D eigenvalue weighted by molar-refractivity contribution is -0.145. The highest BCUT2D eigenvalue weighted by Gasteiger charge is 2.33. The van der Waals surface area contributed by atoms with Gasteiger partial charge in [-0.1, -0.05) is 53.8 Å². The minimum atomic E-state index is -0.433. The molecule has 2 heterocycles. The molecule has 3 aromatic carbocycles. The molecular weight excluding hydrogens is 552 g/mol. The first-order chi connectivity index (χ1) is 20.5.